The van der Waals surface area contributed by atoms with Gasteiger partial charge in [-0.15, -0.1) is 11.8 Å². The summed E-state index contributed by atoms with van der Waals surface area (Å²) in [6, 6.07) is 19.1. The number of rotatable bonds is 6. The van der Waals surface area contributed by atoms with Gasteiger partial charge in [0.15, 0.2) is 0 Å². The normalized spacial score (nSPS) is 19.8. The second kappa shape index (κ2) is 9.91. The maximum Gasteiger partial charge on any atom is 0.280 e. The number of thioether (sulfide) groups is 1. The van der Waals surface area contributed by atoms with E-state index in [2.05, 4.69) is 43.1 Å². The maximum atomic E-state index is 13.7. The average Bonchev–Trinajstić information content (AvgIpc) is 3.58. The lowest BCUT2D eigenvalue weighted by atomic mass is 9.84. The van der Waals surface area contributed by atoms with Crippen LogP contribution in [0.15, 0.2) is 89.1 Å². The molecule has 3 aromatic rings. The van der Waals surface area contributed by atoms with E-state index in [0.717, 1.165) is 17.7 Å². The summed E-state index contributed by atoms with van der Waals surface area (Å²) in [6.45, 7) is 4.87. The molecule has 1 amide bonds. The zero-order valence-corrected chi connectivity index (χ0v) is 21.3. The number of allylic oxidation sites excluding steroid dienone is 1. The van der Waals surface area contributed by atoms with Gasteiger partial charge >= 0.3 is 0 Å². The van der Waals surface area contributed by atoms with Gasteiger partial charge in [0.25, 0.3) is 5.91 Å². The molecule has 0 aliphatic carbocycles. The molecule has 36 heavy (non-hydrogen) atoms. The van der Waals surface area contributed by atoms with E-state index in [4.69, 9.17) is 10.8 Å². The molecule has 2 unspecified atom stereocenters. The molecule has 0 fully saturated rings. The summed E-state index contributed by atoms with van der Waals surface area (Å²) < 4.78 is 0. The number of hydrogen-bond donors (Lipinski definition) is 2. The summed E-state index contributed by atoms with van der Waals surface area (Å²) in [5, 5.41) is 17.0. The molecular formula is C29H30N4O2S. The Morgan fingerprint density at radius 2 is 1.92 bits per heavy atom. The zero-order valence-electron chi connectivity index (χ0n) is 20.5. The van der Waals surface area contributed by atoms with Gasteiger partial charge < -0.3 is 10.8 Å². The number of aromatic hydroxyl groups is 1. The monoisotopic (exact) mass is 498 g/mol. The summed E-state index contributed by atoms with van der Waals surface area (Å²) in [4.78, 5) is 18.6. The highest BCUT2D eigenvalue weighted by Crippen LogP contribution is 2.46. The first-order valence-corrected chi connectivity index (χ1v) is 13.0. The molecule has 0 saturated carbocycles. The first-order chi connectivity index (χ1) is 17.4. The van der Waals surface area contributed by atoms with Crippen molar-refractivity contribution in [2.24, 2.45) is 10.8 Å². The van der Waals surface area contributed by atoms with Gasteiger partial charge in [-0.25, -0.2) is 5.01 Å². The van der Waals surface area contributed by atoms with E-state index in [1.165, 1.54) is 16.1 Å². The second-order valence-corrected chi connectivity index (χ2v) is 11.1. The van der Waals surface area contributed by atoms with Gasteiger partial charge in [-0.05, 0) is 29.7 Å². The molecule has 0 radical (unpaired) electrons. The Morgan fingerprint density at radius 3 is 2.61 bits per heavy atom. The smallest absolute Gasteiger partial charge is 0.280 e. The third-order valence-corrected chi connectivity index (χ3v) is 8.32. The summed E-state index contributed by atoms with van der Waals surface area (Å²) >= 11 is 1.58. The predicted molar refractivity (Wildman–Crippen MR) is 145 cm³/mol. The highest BCUT2D eigenvalue weighted by molar-refractivity contribution is 8.04. The first-order valence-electron chi connectivity index (χ1n) is 12.1. The number of amides is 1. The Bertz CT molecular complexity index is 1320. The Hall–Kier alpha value is -3.42. The average molecular weight is 499 g/mol. The number of hydrogen-bond acceptors (Lipinski definition) is 6. The number of carbonyl (C=O) groups is 1. The number of carbonyl (C=O) groups excluding carboxylic acids is 1. The van der Waals surface area contributed by atoms with E-state index in [1.807, 2.05) is 30.3 Å². The maximum absolute atomic E-state index is 13.7. The highest BCUT2D eigenvalue weighted by Gasteiger charge is 2.37. The van der Waals surface area contributed by atoms with Crippen molar-refractivity contribution in [1.82, 2.24) is 9.99 Å². The molecule has 2 aromatic carbocycles. The molecule has 3 heterocycles. The lowest BCUT2D eigenvalue weighted by molar-refractivity contribution is -0.128. The van der Waals surface area contributed by atoms with E-state index in [-0.39, 0.29) is 28.4 Å². The summed E-state index contributed by atoms with van der Waals surface area (Å²) in [5.41, 5.74) is 10.6. The molecule has 0 bridgehead atoms. The van der Waals surface area contributed by atoms with Gasteiger partial charge in [0.05, 0.1) is 16.7 Å². The van der Waals surface area contributed by atoms with Gasteiger partial charge in [-0.1, -0.05) is 68.5 Å². The largest absolute Gasteiger partial charge is 0.508 e. The van der Waals surface area contributed by atoms with E-state index >= 15 is 0 Å². The van der Waals surface area contributed by atoms with Crippen LogP contribution in [-0.2, 0) is 10.2 Å². The number of aromatic nitrogens is 1. The number of para-hydroxylation sites is 1. The van der Waals surface area contributed by atoms with E-state index in [1.54, 1.807) is 36.3 Å². The summed E-state index contributed by atoms with van der Waals surface area (Å²) in [5.74, 6) is 0.0184. The van der Waals surface area contributed by atoms with Crippen molar-refractivity contribution >= 4 is 23.4 Å². The van der Waals surface area contributed by atoms with Crippen molar-refractivity contribution in [3.63, 3.8) is 0 Å². The molecule has 1 aromatic heterocycles. The van der Waals surface area contributed by atoms with Crippen LogP contribution in [0.4, 0.5) is 0 Å². The van der Waals surface area contributed by atoms with Gasteiger partial charge in [0.2, 0.25) is 0 Å². The van der Waals surface area contributed by atoms with Gasteiger partial charge in [-0.2, -0.15) is 5.10 Å². The fraction of sp³-hybridized carbons (Fsp3) is 0.276. The number of pyridine rings is 1. The van der Waals surface area contributed by atoms with Crippen molar-refractivity contribution in [3.05, 3.63) is 106 Å². The number of phenols is 1. The Labute approximate surface area is 215 Å². The fourth-order valence-corrected chi connectivity index (χ4v) is 5.78. The van der Waals surface area contributed by atoms with E-state index < -0.39 is 0 Å². The van der Waals surface area contributed by atoms with E-state index in [0.29, 0.717) is 23.4 Å². The topological polar surface area (TPSA) is 91.8 Å². The van der Waals surface area contributed by atoms with Crippen LogP contribution in [0.3, 0.4) is 0 Å². The van der Waals surface area contributed by atoms with Crippen molar-refractivity contribution in [2.45, 2.75) is 43.4 Å². The molecule has 0 saturated heterocycles. The molecule has 6 nitrogen and oxygen atoms in total. The lowest BCUT2D eigenvalue weighted by Gasteiger charge is -2.24. The van der Waals surface area contributed by atoms with Crippen LogP contribution in [0.1, 0.15) is 60.2 Å². The predicted octanol–water partition coefficient (Wildman–Crippen LogP) is 5.46. The van der Waals surface area contributed by atoms with Gasteiger partial charge in [0.1, 0.15) is 5.75 Å². The molecule has 7 heteroatoms. The minimum atomic E-state index is -0.382. The lowest BCUT2D eigenvalue weighted by Crippen LogP contribution is -2.28. The SMILES string of the molecule is CC(C)(CN)c1ccc(C2CC=C(C(=O)N3N=C(c4cccnc4)CC3c3ccccc3O)S2)cc1. The number of nitrogens with two attached hydrogens (primary N) is 1. The number of hydrazone groups is 1. The molecule has 2 aliphatic rings. The van der Waals surface area contributed by atoms with Crippen LogP contribution in [0, 0.1) is 0 Å². The zero-order chi connectivity index (χ0) is 25.3. The Kier molecular flexibility index (Phi) is 6.69. The molecular weight excluding hydrogens is 468 g/mol. The molecule has 3 N–H and O–H groups in total. The highest BCUT2D eigenvalue weighted by atomic mass is 32.2. The summed E-state index contributed by atoms with van der Waals surface area (Å²) in [6.07, 6.45) is 6.76. The number of nitrogens with zero attached hydrogens (tertiary/aromatic N) is 3. The van der Waals surface area contributed by atoms with Gasteiger partial charge in [-0.3, -0.25) is 9.78 Å². The standard InChI is InChI=1S/C29H30N4O2S/c1-29(2,18-30)21-11-9-19(10-12-21)26-13-14-27(36-26)28(35)33-24(22-7-3-4-8-25(22)34)16-23(32-33)20-6-5-15-31-17-20/h3-12,14-15,17,24,26,34H,13,16,18,30H2,1-2H3. The first kappa shape index (κ1) is 24.3. The van der Waals surface area contributed by atoms with Crippen LogP contribution >= 0.6 is 11.8 Å². The van der Waals surface area contributed by atoms with Crippen molar-refractivity contribution < 1.29 is 9.90 Å². The van der Waals surface area contributed by atoms with Crippen LogP contribution in [0.5, 0.6) is 5.75 Å². The van der Waals surface area contributed by atoms with Crippen LogP contribution in [-0.4, -0.2) is 33.3 Å². The third kappa shape index (κ3) is 4.68. The van der Waals surface area contributed by atoms with Crippen molar-refractivity contribution in [3.8, 4) is 5.75 Å². The van der Waals surface area contributed by atoms with Crippen LogP contribution in [0.25, 0.3) is 0 Å². The minimum Gasteiger partial charge on any atom is -0.508 e. The van der Waals surface area contributed by atoms with Crippen molar-refractivity contribution in [1.29, 1.82) is 0 Å². The molecule has 0 spiro atoms. The number of phenolic OH excluding ortho intramolecular Hbond substituents is 1. The third-order valence-electron chi connectivity index (χ3n) is 6.98. The number of benzene rings is 2. The Balaban J connectivity index is 1.38. The molecule has 5 rings (SSSR count). The van der Waals surface area contributed by atoms with Crippen molar-refractivity contribution in [2.75, 3.05) is 6.54 Å². The molecule has 2 aliphatic heterocycles. The van der Waals surface area contributed by atoms with Crippen LogP contribution < -0.4 is 5.73 Å². The quantitative estimate of drug-likeness (QED) is 0.471. The van der Waals surface area contributed by atoms with E-state index in [9.17, 15) is 9.90 Å². The summed E-state index contributed by atoms with van der Waals surface area (Å²) in [7, 11) is 0. The second-order valence-electron chi connectivity index (χ2n) is 9.84. The molecule has 184 valence electrons. The fourth-order valence-electron chi connectivity index (χ4n) is 4.60. The van der Waals surface area contributed by atoms with Crippen LogP contribution in [0.2, 0.25) is 0 Å². The minimum absolute atomic E-state index is 0.0710. The Morgan fingerprint density at radius 1 is 1.14 bits per heavy atom. The van der Waals surface area contributed by atoms with Gasteiger partial charge in [0, 0.05) is 47.2 Å². The molecule has 2 atom stereocenters.